The average Bonchev–Trinajstić information content (AvgIpc) is 2.52. The van der Waals surface area contributed by atoms with Gasteiger partial charge in [0.1, 0.15) is 12.4 Å². The molecule has 1 heterocycles. The minimum atomic E-state index is -4.30. The van der Waals surface area contributed by atoms with Gasteiger partial charge in [0.2, 0.25) is 5.95 Å². The average molecular weight is 389 g/mol. The van der Waals surface area contributed by atoms with Gasteiger partial charge in [-0.15, -0.1) is 0 Å². The number of hydrogen-bond donors (Lipinski definition) is 3. The second-order valence-corrected chi connectivity index (χ2v) is 7.74. The standard InChI is InChI=1S/C17H26F3N5O2/c1-16(2,3)25-14-12(13(21)26)8-22-15(24-14)23-10-4-6-11(7-5-10)27-9-17(18,19)20/h8,10-11H,4-7,9H2,1-3H3,(H2,21,26)(H2,22,23,24,25)/t10-,11-. The van der Waals surface area contributed by atoms with Crippen molar-refractivity contribution in [3.8, 4) is 0 Å². The second kappa shape index (κ2) is 8.28. The van der Waals surface area contributed by atoms with Crippen LogP contribution in [0, 0.1) is 0 Å². The number of primary amides is 1. The molecule has 0 bridgehead atoms. The minimum absolute atomic E-state index is 0.0256. The summed E-state index contributed by atoms with van der Waals surface area (Å²) in [5.74, 6) is 0.0525. The Hall–Kier alpha value is -2.10. The van der Waals surface area contributed by atoms with Gasteiger partial charge in [0.25, 0.3) is 5.91 Å². The number of ether oxygens (including phenoxy) is 1. The van der Waals surface area contributed by atoms with E-state index < -0.39 is 18.7 Å². The molecule has 0 radical (unpaired) electrons. The van der Waals surface area contributed by atoms with Crippen LogP contribution in [0.3, 0.4) is 0 Å². The van der Waals surface area contributed by atoms with Crippen LogP contribution < -0.4 is 16.4 Å². The summed E-state index contributed by atoms with van der Waals surface area (Å²) >= 11 is 0. The molecule has 0 atom stereocenters. The molecule has 0 aromatic carbocycles. The van der Waals surface area contributed by atoms with Crippen molar-refractivity contribution in [2.75, 3.05) is 17.2 Å². The van der Waals surface area contributed by atoms with Gasteiger partial charge in [0.05, 0.1) is 11.7 Å². The van der Waals surface area contributed by atoms with Crippen LogP contribution in [0.2, 0.25) is 0 Å². The molecule has 7 nitrogen and oxygen atoms in total. The van der Waals surface area contributed by atoms with Gasteiger partial charge in [-0.2, -0.15) is 18.2 Å². The Balaban J connectivity index is 1.96. The van der Waals surface area contributed by atoms with Crippen LogP contribution in [0.1, 0.15) is 56.8 Å². The number of anilines is 2. The van der Waals surface area contributed by atoms with Gasteiger partial charge in [-0.25, -0.2) is 4.98 Å². The largest absolute Gasteiger partial charge is 0.411 e. The fourth-order valence-electron chi connectivity index (χ4n) is 2.85. The fourth-order valence-corrected chi connectivity index (χ4v) is 2.85. The van der Waals surface area contributed by atoms with Crippen molar-refractivity contribution >= 4 is 17.7 Å². The van der Waals surface area contributed by atoms with Gasteiger partial charge in [0, 0.05) is 17.8 Å². The molecule has 27 heavy (non-hydrogen) atoms. The molecule has 1 aromatic rings. The molecule has 1 fully saturated rings. The lowest BCUT2D eigenvalue weighted by atomic mass is 9.93. The predicted octanol–water partition coefficient (Wildman–Crippen LogP) is 3.09. The second-order valence-electron chi connectivity index (χ2n) is 7.74. The van der Waals surface area contributed by atoms with Crippen LogP contribution in [-0.2, 0) is 4.74 Å². The number of halogens is 3. The summed E-state index contributed by atoms with van der Waals surface area (Å²) in [4.78, 5) is 20.0. The van der Waals surface area contributed by atoms with Crippen LogP contribution in [-0.4, -0.2) is 46.3 Å². The fraction of sp³-hybridized carbons (Fsp3) is 0.706. The predicted molar refractivity (Wildman–Crippen MR) is 95.6 cm³/mol. The van der Waals surface area contributed by atoms with E-state index in [0.29, 0.717) is 37.4 Å². The smallest absolute Gasteiger partial charge is 0.369 e. The maximum absolute atomic E-state index is 12.2. The molecule has 1 saturated carbocycles. The number of rotatable bonds is 6. The van der Waals surface area contributed by atoms with Gasteiger partial charge in [-0.3, -0.25) is 4.79 Å². The molecule has 152 valence electrons. The minimum Gasteiger partial charge on any atom is -0.369 e. The van der Waals surface area contributed by atoms with E-state index in [2.05, 4.69) is 20.6 Å². The van der Waals surface area contributed by atoms with Gasteiger partial charge >= 0.3 is 6.18 Å². The van der Waals surface area contributed by atoms with E-state index in [9.17, 15) is 18.0 Å². The lowest BCUT2D eigenvalue weighted by Crippen LogP contribution is -2.33. The highest BCUT2D eigenvalue weighted by Gasteiger charge is 2.31. The molecule has 2 rings (SSSR count). The number of hydrogen-bond acceptors (Lipinski definition) is 6. The normalized spacial score (nSPS) is 21.0. The Bertz CT molecular complexity index is 653. The van der Waals surface area contributed by atoms with Gasteiger partial charge < -0.3 is 21.1 Å². The first-order chi connectivity index (χ1) is 12.4. The molecule has 1 amide bonds. The molecule has 1 aliphatic carbocycles. The number of amides is 1. The first-order valence-corrected chi connectivity index (χ1v) is 8.83. The summed E-state index contributed by atoms with van der Waals surface area (Å²) in [6, 6.07) is 0.0256. The number of carbonyl (C=O) groups is 1. The van der Waals surface area contributed by atoms with Crippen LogP contribution in [0.4, 0.5) is 24.9 Å². The number of alkyl halides is 3. The Morgan fingerprint density at radius 2 is 1.89 bits per heavy atom. The maximum Gasteiger partial charge on any atom is 0.411 e. The first-order valence-electron chi connectivity index (χ1n) is 8.83. The molecule has 0 spiro atoms. The molecule has 1 aromatic heterocycles. The first kappa shape index (κ1) is 21.2. The van der Waals surface area contributed by atoms with Crippen LogP contribution >= 0.6 is 0 Å². The van der Waals surface area contributed by atoms with E-state index in [4.69, 9.17) is 10.5 Å². The third-order valence-electron chi connectivity index (χ3n) is 4.04. The topological polar surface area (TPSA) is 102 Å². The summed E-state index contributed by atoms with van der Waals surface area (Å²) in [6.07, 6.45) is -0.982. The van der Waals surface area contributed by atoms with Crippen LogP contribution in [0.25, 0.3) is 0 Å². The monoisotopic (exact) mass is 389 g/mol. The summed E-state index contributed by atoms with van der Waals surface area (Å²) in [5, 5.41) is 6.30. The summed E-state index contributed by atoms with van der Waals surface area (Å²) in [6.45, 7) is 4.56. The van der Waals surface area contributed by atoms with Crippen LogP contribution in [0.5, 0.6) is 0 Å². The zero-order valence-corrected chi connectivity index (χ0v) is 15.7. The number of nitrogens with two attached hydrogens (primary N) is 1. The number of nitrogens with one attached hydrogen (secondary N) is 2. The highest BCUT2D eigenvalue weighted by atomic mass is 19.4. The van der Waals surface area contributed by atoms with E-state index in [0.717, 1.165) is 0 Å². The number of carbonyl (C=O) groups excluding carboxylic acids is 1. The van der Waals surface area contributed by atoms with E-state index in [1.807, 2.05) is 20.8 Å². The molecule has 1 aliphatic rings. The van der Waals surface area contributed by atoms with Gasteiger partial charge in [0.15, 0.2) is 0 Å². The van der Waals surface area contributed by atoms with Crippen molar-refractivity contribution in [1.29, 1.82) is 0 Å². The van der Waals surface area contributed by atoms with Crippen molar-refractivity contribution in [1.82, 2.24) is 9.97 Å². The van der Waals surface area contributed by atoms with Crippen molar-refractivity contribution in [2.24, 2.45) is 5.73 Å². The Morgan fingerprint density at radius 3 is 2.41 bits per heavy atom. The van der Waals surface area contributed by atoms with Crippen molar-refractivity contribution < 1.29 is 22.7 Å². The van der Waals surface area contributed by atoms with Gasteiger partial charge in [-0.1, -0.05) is 0 Å². The summed E-state index contributed by atoms with van der Waals surface area (Å²) < 4.78 is 41.6. The van der Waals surface area contributed by atoms with Crippen molar-refractivity contribution in [3.05, 3.63) is 11.8 Å². The van der Waals surface area contributed by atoms with Crippen molar-refractivity contribution in [2.45, 2.75) is 70.3 Å². The quantitative estimate of drug-likeness (QED) is 0.691. The summed E-state index contributed by atoms with van der Waals surface area (Å²) in [7, 11) is 0. The third-order valence-corrected chi connectivity index (χ3v) is 4.04. The number of nitrogens with zero attached hydrogens (tertiary/aromatic N) is 2. The van der Waals surface area contributed by atoms with Gasteiger partial charge in [-0.05, 0) is 46.5 Å². The number of aromatic nitrogens is 2. The van der Waals surface area contributed by atoms with E-state index in [1.54, 1.807) is 0 Å². The zero-order chi connectivity index (χ0) is 20.2. The Kier molecular flexibility index (Phi) is 6.50. The van der Waals surface area contributed by atoms with Crippen LogP contribution in [0.15, 0.2) is 6.20 Å². The lowest BCUT2D eigenvalue weighted by molar-refractivity contribution is -0.187. The van der Waals surface area contributed by atoms with E-state index in [-0.39, 0.29) is 23.2 Å². The molecule has 0 aliphatic heterocycles. The third kappa shape index (κ3) is 7.20. The lowest BCUT2D eigenvalue weighted by Gasteiger charge is -2.29. The molecular weight excluding hydrogens is 363 g/mol. The maximum atomic E-state index is 12.2. The highest BCUT2D eigenvalue weighted by molar-refractivity contribution is 5.97. The zero-order valence-electron chi connectivity index (χ0n) is 15.7. The molecule has 10 heteroatoms. The molecular formula is C17H26F3N5O2. The Morgan fingerprint density at radius 1 is 1.26 bits per heavy atom. The summed E-state index contributed by atoms with van der Waals surface area (Å²) in [5.41, 5.74) is 5.23. The van der Waals surface area contributed by atoms with Crippen molar-refractivity contribution in [3.63, 3.8) is 0 Å². The molecule has 4 N–H and O–H groups in total. The van der Waals surface area contributed by atoms with E-state index >= 15 is 0 Å². The SMILES string of the molecule is CC(C)(C)Nc1nc(N[C@H]2CC[C@H](OCC(F)(F)F)CC2)ncc1C(N)=O. The molecule has 0 saturated heterocycles. The van der Waals surface area contributed by atoms with E-state index in [1.165, 1.54) is 6.20 Å². The molecule has 0 unspecified atom stereocenters. The highest BCUT2D eigenvalue weighted by Crippen LogP contribution is 2.26. The Labute approximate surface area is 156 Å².